The van der Waals surface area contributed by atoms with Crippen molar-refractivity contribution in [2.24, 2.45) is 5.11 Å². The summed E-state index contributed by atoms with van der Waals surface area (Å²) in [6, 6.07) is 0. The molecular formula is C5H7N5. The first-order valence-electron chi connectivity index (χ1n) is 2.68. The molecule has 0 amide bonds. The second-order valence-electron chi connectivity index (χ2n) is 1.87. The standard InChI is InChI=1S/C5H7N5/c1-9-3-4-10(2)5(9)7-8-6/h3-4H,1H2,2H3. The second kappa shape index (κ2) is 2.33. The van der Waals surface area contributed by atoms with Crippen LogP contribution < -0.4 is 0 Å². The Morgan fingerprint density at radius 3 is 3.00 bits per heavy atom. The van der Waals surface area contributed by atoms with Gasteiger partial charge in [0.05, 0.1) is 7.05 Å². The molecule has 0 aromatic heterocycles. The van der Waals surface area contributed by atoms with E-state index in [2.05, 4.69) is 16.7 Å². The van der Waals surface area contributed by atoms with E-state index in [9.17, 15) is 0 Å². The largest absolute Gasteiger partial charge is 0.492 e. The Bertz CT molecular complexity index is 234. The molecule has 0 unspecified atom stereocenters. The Morgan fingerprint density at radius 1 is 1.90 bits per heavy atom. The summed E-state index contributed by atoms with van der Waals surface area (Å²) in [6.07, 6.45) is 2.25. The van der Waals surface area contributed by atoms with Gasteiger partial charge in [-0.25, -0.2) is 0 Å². The maximum absolute atomic E-state index is 8.09. The molecule has 0 radical (unpaired) electrons. The molecular weight excluding hydrogens is 130 g/mol. The summed E-state index contributed by atoms with van der Waals surface area (Å²) in [4.78, 5) is 2.64. The minimum Gasteiger partial charge on any atom is -0.492 e. The maximum atomic E-state index is 8.09. The molecule has 1 aliphatic rings. The minimum absolute atomic E-state index is 0.488. The Morgan fingerprint density at radius 2 is 2.60 bits per heavy atom. The SMILES string of the molecule is C=[N+]1[CH-]C=[N+](C)[C-]1N=[N+]=[N-]. The van der Waals surface area contributed by atoms with E-state index in [0.717, 1.165) is 0 Å². The molecule has 0 N–H and O–H groups in total. The highest BCUT2D eigenvalue weighted by Gasteiger charge is 2.08. The van der Waals surface area contributed by atoms with Gasteiger partial charge in [0.2, 0.25) is 0 Å². The third-order valence-corrected chi connectivity index (χ3v) is 1.18. The molecule has 1 heterocycles. The summed E-state index contributed by atoms with van der Waals surface area (Å²) in [7, 11) is 1.78. The van der Waals surface area contributed by atoms with E-state index in [1.165, 1.54) is 4.58 Å². The molecule has 0 spiro atoms. The summed E-state index contributed by atoms with van der Waals surface area (Å²) in [6.45, 7) is 5.30. The van der Waals surface area contributed by atoms with Crippen LogP contribution in [0.3, 0.4) is 0 Å². The average Bonchev–Trinajstić information content (AvgIpc) is 2.20. The highest BCUT2D eigenvalue weighted by molar-refractivity contribution is 5.61. The van der Waals surface area contributed by atoms with E-state index in [1.54, 1.807) is 24.4 Å². The van der Waals surface area contributed by atoms with Crippen molar-refractivity contribution in [1.82, 2.24) is 0 Å². The van der Waals surface area contributed by atoms with Crippen molar-refractivity contribution in [3.05, 3.63) is 23.3 Å². The number of rotatable bonds is 1. The second-order valence-corrected chi connectivity index (χ2v) is 1.87. The molecule has 1 rings (SSSR count). The van der Waals surface area contributed by atoms with E-state index in [0.29, 0.717) is 6.29 Å². The van der Waals surface area contributed by atoms with Gasteiger partial charge < -0.3 is 9.15 Å². The van der Waals surface area contributed by atoms with Gasteiger partial charge >= 0.3 is 0 Å². The van der Waals surface area contributed by atoms with Crippen molar-refractivity contribution in [3.8, 4) is 0 Å². The van der Waals surface area contributed by atoms with Crippen molar-refractivity contribution in [3.63, 3.8) is 0 Å². The smallest absolute Gasteiger partial charge is 0.178 e. The highest BCUT2D eigenvalue weighted by atomic mass is 15.4. The van der Waals surface area contributed by atoms with Crippen LogP contribution in [-0.2, 0) is 0 Å². The average molecular weight is 137 g/mol. The molecule has 0 bridgehead atoms. The summed E-state index contributed by atoms with van der Waals surface area (Å²) < 4.78 is 3.19. The number of nitrogens with zero attached hydrogens (tertiary/aromatic N) is 5. The lowest BCUT2D eigenvalue weighted by atomic mass is 10.7. The van der Waals surface area contributed by atoms with Gasteiger partial charge in [-0.05, 0) is 10.4 Å². The van der Waals surface area contributed by atoms with Crippen molar-refractivity contribution >= 4 is 12.9 Å². The zero-order valence-electron chi connectivity index (χ0n) is 5.60. The van der Waals surface area contributed by atoms with Gasteiger partial charge in [-0.2, -0.15) is 0 Å². The van der Waals surface area contributed by atoms with Gasteiger partial charge in [-0.15, -0.1) is 6.72 Å². The molecule has 0 saturated heterocycles. The maximum Gasteiger partial charge on any atom is 0.178 e. The van der Waals surface area contributed by atoms with Crippen molar-refractivity contribution in [1.29, 1.82) is 0 Å². The number of hydrogen-bond acceptors (Lipinski definition) is 1. The van der Waals surface area contributed by atoms with Crippen LogP contribution in [0.25, 0.3) is 10.4 Å². The zero-order valence-corrected chi connectivity index (χ0v) is 5.60. The van der Waals surface area contributed by atoms with E-state index in [-0.39, 0.29) is 0 Å². The van der Waals surface area contributed by atoms with Crippen LogP contribution in [0, 0.1) is 12.8 Å². The van der Waals surface area contributed by atoms with Crippen LogP contribution in [0.2, 0.25) is 0 Å². The fourth-order valence-electron chi connectivity index (χ4n) is 0.684. The van der Waals surface area contributed by atoms with E-state index < -0.39 is 0 Å². The summed E-state index contributed by atoms with van der Waals surface area (Å²) in [5, 5.41) is 3.41. The normalized spacial score (nSPS) is 15.9. The Balaban J connectivity index is 2.83. The molecule has 0 atom stereocenters. The first kappa shape index (κ1) is 6.51. The molecule has 0 saturated carbocycles. The predicted molar refractivity (Wildman–Crippen MR) is 36.3 cm³/mol. The van der Waals surface area contributed by atoms with Crippen molar-refractivity contribution < 1.29 is 9.15 Å². The van der Waals surface area contributed by atoms with Gasteiger partial charge in [-0.3, -0.25) is 0 Å². The molecule has 1 aliphatic heterocycles. The number of azide groups is 1. The third kappa shape index (κ3) is 0.897. The van der Waals surface area contributed by atoms with Crippen LogP contribution in [-0.4, -0.2) is 29.1 Å². The Kier molecular flexibility index (Phi) is 1.51. The minimum atomic E-state index is 0.488. The fourth-order valence-corrected chi connectivity index (χ4v) is 0.684. The highest BCUT2D eigenvalue weighted by Crippen LogP contribution is 2.09. The topological polar surface area (TPSA) is 54.8 Å². The van der Waals surface area contributed by atoms with Crippen molar-refractivity contribution in [2.45, 2.75) is 0 Å². The molecule has 0 aromatic carbocycles. The lowest BCUT2D eigenvalue weighted by molar-refractivity contribution is -0.642. The van der Waals surface area contributed by atoms with E-state index >= 15 is 0 Å². The third-order valence-electron chi connectivity index (χ3n) is 1.18. The molecule has 52 valence electrons. The monoisotopic (exact) mass is 137 g/mol. The van der Waals surface area contributed by atoms with Gasteiger partial charge in [0.1, 0.15) is 0 Å². The van der Waals surface area contributed by atoms with E-state index in [1.807, 2.05) is 0 Å². The van der Waals surface area contributed by atoms with Crippen molar-refractivity contribution in [2.75, 3.05) is 7.05 Å². The Labute approximate surface area is 58.5 Å². The fraction of sp³-hybridized carbons (Fsp3) is 0.200. The van der Waals surface area contributed by atoms with Gasteiger partial charge in [0, 0.05) is 6.21 Å². The molecule has 10 heavy (non-hydrogen) atoms. The summed E-state index contributed by atoms with van der Waals surface area (Å²) >= 11 is 0. The molecule has 0 aromatic rings. The Hall–Kier alpha value is -1.61. The van der Waals surface area contributed by atoms with Crippen LogP contribution in [0.5, 0.6) is 0 Å². The molecule has 0 aliphatic carbocycles. The summed E-state index contributed by atoms with van der Waals surface area (Å²) in [5.74, 6) is 0. The predicted octanol–water partition coefficient (Wildman–Crippen LogP) is 0.345. The van der Waals surface area contributed by atoms with Crippen LogP contribution in [0.4, 0.5) is 0 Å². The van der Waals surface area contributed by atoms with Gasteiger partial charge in [0.15, 0.2) is 6.29 Å². The van der Waals surface area contributed by atoms with Gasteiger partial charge in [0.25, 0.3) is 0 Å². The lowest BCUT2D eigenvalue weighted by Crippen LogP contribution is -2.13. The summed E-state index contributed by atoms with van der Waals surface area (Å²) in [5.41, 5.74) is 8.09. The van der Waals surface area contributed by atoms with Crippen LogP contribution in [0.1, 0.15) is 0 Å². The van der Waals surface area contributed by atoms with Crippen LogP contribution >= 0.6 is 0 Å². The number of hydrogen-bond donors (Lipinski definition) is 0. The van der Waals surface area contributed by atoms with Crippen LogP contribution in [0.15, 0.2) is 5.11 Å². The van der Waals surface area contributed by atoms with Gasteiger partial charge in [-0.1, -0.05) is 11.7 Å². The molecule has 0 fully saturated rings. The molecule has 5 heteroatoms. The lowest BCUT2D eigenvalue weighted by Gasteiger charge is -2.16. The first-order valence-corrected chi connectivity index (χ1v) is 2.68. The first-order chi connectivity index (χ1) is 4.75. The quantitative estimate of drug-likeness (QED) is 0.164. The zero-order chi connectivity index (χ0) is 7.56. The molecule has 5 nitrogen and oxygen atoms in total. The van der Waals surface area contributed by atoms with E-state index in [4.69, 9.17) is 5.53 Å².